The average Bonchev–Trinajstić information content (AvgIpc) is 2.68. The third kappa shape index (κ3) is 3.20. The van der Waals surface area contributed by atoms with Crippen LogP contribution in [0.15, 0.2) is 0 Å². The molecule has 1 heterocycles. The van der Waals surface area contributed by atoms with Crippen LogP contribution in [0.25, 0.3) is 0 Å². The van der Waals surface area contributed by atoms with Crippen LogP contribution >= 0.6 is 23.5 Å². The molecular formula is C11H17NO4S2. The van der Waals surface area contributed by atoms with Gasteiger partial charge in [0.25, 0.3) is 0 Å². The number of carboxylic acids is 1. The molecule has 0 unspecified atom stereocenters. The van der Waals surface area contributed by atoms with Crippen LogP contribution in [-0.2, 0) is 14.4 Å². The normalized spacial score (nSPS) is 24.9. The maximum Gasteiger partial charge on any atom is 0.340 e. The van der Waals surface area contributed by atoms with Crippen molar-refractivity contribution in [3.05, 3.63) is 0 Å². The van der Waals surface area contributed by atoms with Gasteiger partial charge >= 0.3 is 5.97 Å². The summed E-state index contributed by atoms with van der Waals surface area (Å²) in [5.41, 5.74) is 0. The van der Waals surface area contributed by atoms with E-state index in [1.165, 1.54) is 23.6 Å². The highest BCUT2D eigenvalue weighted by atomic mass is 32.2. The highest BCUT2D eigenvalue weighted by molar-refractivity contribution is 8.13. The fourth-order valence-corrected chi connectivity index (χ4v) is 3.46. The van der Waals surface area contributed by atoms with E-state index < -0.39 is 10.8 Å². The van der Waals surface area contributed by atoms with Crippen molar-refractivity contribution in [1.82, 2.24) is 4.90 Å². The molecule has 0 aromatic carbocycles. The van der Waals surface area contributed by atoms with Crippen LogP contribution in [-0.4, -0.2) is 49.9 Å². The molecule has 1 aliphatic heterocycles. The fraction of sp³-hybridized carbons (Fsp3) is 0.727. The Morgan fingerprint density at radius 2 is 2.11 bits per heavy atom. The van der Waals surface area contributed by atoms with Crippen LogP contribution in [0.1, 0.15) is 20.8 Å². The van der Waals surface area contributed by atoms with E-state index in [1.54, 1.807) is 13.8 Å². The Labute approximate surface area is 115 Å². The molecule has 1 saturated heterocycles. The number of carbonyl (C=O) groups is 3. The standard InChI is InChI=1S/C11H17NO4S2/c1-7(6-17-8(2)13)9(14)12-4-5-18-11(12,3)10(15)16/h7H,4-6H2,1-3H3,(H,15,16)/t7-,11-/m1/s1. The van der Waals surface area contributed by atoms with Crippen LogP contribution in [0.2, 0.25) is 0 Å². The third-order valence-electron chi connectivity index (χ3n) is 2.83. The van der Waals surface area contributed by atoms with E-state index in [9.17, 15) is 19.5 Å². The highest BCUT2D eigenvalue weighted by Gasteiger charge is 2.47. The Balaban J connectivity index is 2.71. The molecule has 0 aromatic heterocycles. The van der Waals surface area contributed by atoms with Crippen LogP contribution in [0, 0.1) is 5.92 Å². The Morgan fingerprint density at radius 3 is 2.61 bits per heavy atom. The molecule has 0 aromatic rings. The van der Waals surface area contributed by atoms with Crippen molar-refractivity contribution >= 4 is 40.5 Å². The predicted molar refractivity (Wildman–Crippen MR) is 72.5 cm³/mol. The summed E-state index contributed by atoms with van der Waals surface area (Å²) in [7, 11) is 0. The maximum atomic E-state index is 12.2. The molecule has 0 spiro atoms. The fourth-order valence-electron chi connectivity index (χ4n) is 1.70. The summed E-state index contributed by atoms with van der Waals surface area (Å²) in [4.78, 5) is 34.6. The minimum absolute atomic E-state index is 0.0357. The lowest BCUT2D eigenvalue weighted by Crippen LogP contribution is -2.51. The molecule has 0 bridgehead atoms. The predicted octanol–water partition coefficient (Wildman–Crippen LogP) is 1.28. The zero-order valence-corrected chi connectivity index (χ0v) is 12.3. The van der Waals surface area contributed by atoms with Gasteiger partial charge in [-0.25, -0.2) is 4.79 Å². The monoisotopic (exact) mass is 291 g/mol. The van der Waals surface area contributed by atoms with Crippen molar-refractivity contribution in [3.63, 3.8) is 0 Å². The first kappa shape index (κ1) is 15.4. The van der Waals surface area contributed by atoms with E-state index in [0.29, 0.717) is 18.1 Å². The molecule has 1 aliphatic rings. The summed E-state index contributed by atoms with van der Waals surface area (Å²) >= 11 is 2.36. The summed E-state index contributed by atoms with van der Waals surface area (Å²) in [5.74, 6) is -0.522. The van der Waals surface area contributed by atoms with Crippen molar-refractivity contribution in [2.75, 3.05) is 18.1 Å². The number of nitrogens with zero attached hydrogens (tertiary/aromatic N) is 1. The number of amides is 1. The van der Waals surface area contributed by atoms with Crippen molar-refractivity contribution in [1.29, 1.82) is 0 Å². The van der Waals surface area contributed by atoms with Crippen LogP contribution < -0.4 is 0 Å². The smallest absolute Gasteiger partial charge is 0.340 e. The van der Waals surface area contributed by atoms with Crippen LogP contribution in [0.5, 0.6) is 0 Å². The molecule has 18 heavy (non-hydrogen) atoms. The van der Waals surface area contributed by atoms with E-state index in [4.69, 9.17) is 0 Å². The highest BCUT2D eigenvalue weighted by Crippen LogP contribution is 2.36. The van der Waals surface area contributed by atoms with Gasteiger partial charge < -0.3 is 10.0 Å². The molecule has 0 radical (unpaired) electrons. The maximum absolute atomic E-state index is 12.2. The van der Waals surface area contributed by atoms with Gasteiger partial charge in [0.2, 0.25) is 5.91 Å². The van der Waals surface area contributed by atoms with Gasteiger partial charge in [0.15, 0.2) is 9.99 Å². The van der Waals surface area contributed by atoms with Crippen molar-refractivity contribution in [2.24, 2.45) is 5.92 Å². The van der Waals surface area contributed by atoms with E-state index in [-0.39, 0.29) is 16.9 Å². The summed E-state index contributed by atoms with van der Waals surface area (Å²) in [6.07, 6.45) is 0. The Bertz CT molecular complexity index is 374. The van der Waals surface area contributed by atoms with Crippen molar-refractivity contribution in [3.8, 4) is 0 Å². The SMILES string of the molecule is CC(=O)SC[C@@H](C)C(=O)N1CCS[C@]1(C)C(=O)O. The molecule has 0 aliphatic carbocycles. The Morgan fingerprint density at radius 1 is 1.50 bits per heavy atom. The topological polar surface area (TPSA) is 74.7 Å². The molecular weight excluding hydrogens is 274 g/mol. The van der Waals surface area contributed by atoms with Gasteiger partial charge in [-0.1, -0.05) is 18.7 Å². The van der Waals surface area contributed by atoms with Gasteiger partial charge in [-0.3, -0.25) is 9.59 Å². The first-order valence-corrected chi connectivity index (χ1v) is 7.58. The number of carboxylic acid groups (broad SMARTS) is 1. The lowest BCUT2D eigenvalue weighted by molar-refractivity contribution is -0.152. The second-order valence-corrected chi connectivity index (χ2v) is 7.02. The number of thioether (sulfide) groups is 2. The molecule has 0 saturated carbocycles. The molecule has 7 heteroatoms. The average molecular weight is 291 g/mol. The summed E-state index contributed by atoms with van der Waals surface area (Å²) in [6, 6.07) is 0. The Kier molecular flexibility index (Phi) is 5.10. The van der Waals surface area contributed by atoms with Gasteiger partial charge in [-0.05, 0) is 6.92 Å². The molecule has 1 fully saturated rings. The molecule has 102 valence electrons. The Hall–Kier alpha value is -0.690. The number of hydrogen-bond acceptors (Lipinski definition) is 5. The summed E-state index contributed by atoms with van der Waals surface area (Å²) < 4.78 is 0. The van der Waals surface area contributed by atoms with Crippen LogP contribution in [0.3, 0.4) is 0 Å². The van der Waals surface area contributed by atoms with Crippen molar-refractivity contribution in [2.45, 2.75) is 25.6 Å². The minimum atomic E-state index is -1.17. The summed E-state index contributed by atoms with van der Waals surface area (Å²) in [5, 5.41) is 9.18. The van der Waals surface area contributed by atoms with E-state index >= 15 is 0 Å². The number of hydrogen-bond donors (Lipinski definition) is 1. The quantitative estimate of drug-likeness (QED) is 0.841. The third-order valence-corrected chi connectivity index (χ3v) is 5.25. The zero-order chi connectivity index (χ0) is 13.9. The molecule has 1 amide bonds. The van der Waals surface area contributed by atoms with Gasteiger partial charge in [-0.15, -0.1) is 11.8 Å². The molecule has 5 nitrogen and oxygen atoms in total. The van der Waals surface area contributed by atoms with Gasteiger partial charge in [-0.2, -0.15) is 0 Å². The minimum Gasteiger partial charge on any atom is -0.479 e. The molecule has 2 atom stereocenters. The van der Waals surface area contributed by atoms with Crippen LogP contribution in [0.4, 0.5) is 0 Å². The lowest BCUT2D eigenvalue weighted by atomic mass is 10.1. The number of carbonyl (C=O) groups excluding carboxylic acids is 2. The lowest BCUT2D eigenvalue weighted by Gasteiger charge is -2.32. The number of aliphatic carboxylic acids is 1. The van der Waals surface area contributed by atoms with Gasteiger partial charge in [0.1, 0.15) is 0 Å². The first-order chi connectivity index (χ1) is 8.29. The van der Waals surface area contributed by atoms with Crippen molar-refractivity contribution < 1.29 is 19.5 Å². The second kappa shape index (κ2) is 5.97. The van der Waals surface area contributed by atoms with E-state index in [1.807, 2.05) is 0 Å². The zero-order valence-electron chi connectivity index (χ0n) is 10.6. The molecule has 1 rings (SSSR count). The van der Waals surface area contributed by atoms with Gasteiger partial charge in [0, 0.05) is 30.9 Å². The second-order valence-electron chi connectivity index (χ2n) is 4.33. The number of rotatable bonds is 4. The van der Waals surface area contributed by atoms with E-state index in [0.717, 1.165) is 11.8 Å². The van der Waals surface area contributed by atoms with Gasteiger partial charge in [0.05, 0.1) is 0 Å². The van der Waals surface area contributed by atoms with E-state index in [2.05, 4.69) is 0 Å². The largest absolute Gasteiger partial charge is 0.479 e. The molecule has 1 N–H and O–H groups in total. The summed E-state index contributed by atoms with van der Waals surface area (Å²) in [6.45, 7) is 5.18. The first-order valence-electron chi connectivity index (χ1n) is 5.61.